The van der Waals surface area contributed by atoms with Gasteiger partial charge in [0.15, 0.2) is 5.11 Å². The number of anilines is 1. The maximum Gasteiger partial charge on any atom is 0.171 e. The van der Waals surface area contributed by atoms with Gasteiger partial charge in [-0.05, 0) is 38.2 Å². The molecule has 0 aliphatic carbocycles. The minimum Gasteiger partial charge on any atom is -0.356 e. The summed E-state index contributed by atoms with van der Waals surface area (Å²) in [5, 5.41) is 7.15. The Labute approximate surface area is 107 Å². The Kier molecular flexibility index (Phi) is 3.93. The monoisotopic (exact) mass is 250 g/mol. The van der Waals surface area contributed by atoms with E-state index in [1.165, 1.54) is 0 Å². The summed E-state index contributed by atoms with van der Waals surface area (Å²) in [5.74, 6) is 0. The van der Waals surface area contributed by atoms with Gasteiger partial charge in [0.05, 0.1) is 6.04 Å². The van der Waals surface area contributed by atoms with Crippen molar-refractivity contribution in [2.75, 3.05) is 5.32 Å². The van der Waals surface area contributed by atoms with Gasteiger partial charge in [-0.2, -0.15) is 0 Å². The van der Waals surface area contributed by atoms with Crippen LogP contribution >= 0.6 is 12.2 Å². The van der Waals surface area contributed by atoms with Gasteiger partial charge in [0.2, 0.25) is 0 Å². The van der Waals surface area contributed by atoms with E-state index in [-0.39, 0.29) is 0 Å². The summed E-state index contributed by atoms with van der Waals surface area (Å²) in [4.78, 5) is 0. The van der Waals surface area contributed by atoms with E-state index in [1.807, 2.05) is 30.3 Å². The number of rotatable bonds is 2. The molecule has 0 amide bonds. The van der Waals surface area contributed by atoms with Crippen LogP contribution in [0.2, 0.25) is 0 Å². The zero-order valence-electron chi connectivity index (χ0n) is 10.0. The highest BCUT2D eigenvalue weighted by Crippen LogP contribution is 2.08. The minimum absolute atomic E-state index is 0.290. The lowest BCUT2D eigenvalue weighted by Crippen LogP contribution is -2.47. The average Bonchev–Trinajstić information content (AvgIpc) is 2.62. The van der Waals surface area contributed by atoms with Crippen LogP contribution in [-0.4, -0.2) is 23.2 Å². The third kappa shape index (κ3) is 3.15. The largest absolute Gasteiger partial charge is 0.356 e. The molecule has 0 radical (unpaired) electrons. The molecule has 1 aliphatic heterocycles. The molecule has 1 aromatic rings. The van der Waals surface area contributed by atoms with Gasteiger partial charge in [-0.1, -0.05) is 18.2 Å². The van der Waals surface area contributed by atoms with Crippen molar-refractivity contribution in [3.63, 3.8) is 0 Å². The van der Waals surface area contributed by atoms with Crippen LogP contribution in [0.1, 0.15) is 13.8 Å². The first kappa shape index (κ1) is 12.3. The smallest absolute Gasteiger partial charge is 0.171 e. The molecule has 4 nitrogen and oxygen atoms in total. The quantitative estimate of drug-likeness (QED) is 0.595. The van der Waals surface area contributed by atoms with Gasteiger partial charge >= 0.3 is 0 Å². The molecule has 0 saturated carbocycles. The molecule has 2 atom stereocenters. The molecular weight excluding hydrogens is 232 g/mol. The summed E-state index contributed by atoms with van der Waals surface area (Å²) in [6, 6.07) is 10.9. The second kappa shape index (κ2) is 5.44. The third-order valence-corrected chi connectivity index (χ3v) is 3.17. The van der Waals surface area contributed by atoms with Crippen molar-refractivity contribution < 1.29 is 0 Å². The molecular formula is C12H18N4S. The van der Waals surface area contributed by atoms with E-state index in [9.17, 15) is 0 Å². The summed E-state index contributed by atoms with van der Waals surface area (Å²) in [5.41, 5.74) is 7.38. The van der Waals surface area contributed by atoms with Crippen LogP contribution in [0.3, 0.4) is 0 Å². The van der Waals surface area contributed by atoms with Gasteiger partial charge < -0.3 is 10.6 Å². The minimum atomic E-state index is 0.290. The van der Waals surface area contributed by atoms with E-state index >= 15 is 0 Å². The zero-order valence-corrected chi connectivity index (χ0v) is 10.8. The molecule has 17 heavy (non-hydrogen) atoms. The van der Waals surface area contributed by atoms with Crippen molar-refractivity contribution >= 4 is 23.0 Å². The molecule has 1 fully saturated rings. The maximum atomic E-state index is 5.30. The highest BCUT2D eigenvalue weighted by molar-refractivity contribution is 7.80. The summed E-state index contributed by atoms with van der Waals surface area (Å²) in [6.45, 7) is 4.25. The van der Waals surface area contributed by atoms with Gasteiger partial charge in [0, 0.05) is 17.8 Å². The van der Waals surface area contributed by atoms with E-state index in [2.05, 4.69) is 35.3 Å². The van der Waals surface area contributed by atoms with E-state index in [4.69, 9.17) is 12.2 Å². The van der Waals surface area contributed by atoms with Gasteiger partial charge in [0.25, 0.3) is 0 Å². The second-order valence-corrected chi connectivity index (χ2v) is 4.76. The lowest BCUT2D eigenvalue weighted by molar-refractivity contribution is 0.519. The summed E-state index contributed by atoms with van der Waals surface area (Å²) < 4.78 is 0. The Hall–Kier alpha value is -1.17. The summed E-state index contributed by atoms with van der Waals surface area (Å²) >= 11 is 5.30. The fourth-order valence-corrected chi connectivity index (χ4v) is 2.22. The first-order valence-electron chi connectivity index (χ1n) is 5.80. The summed E-state index contributed by atoms with van der Waals surface area (Å²) in [6.07, 6.45) is 0. The van der Waals surface area contributed by atoms with Crippen molar-refractivity contribution in [1.29, 1.82) is 0 Å². The molecule has 2 unspecified atom stereocenters. The normalized spacial score (nSPS) is 27.8. The Balaban J connectivity index is 1.89. The molecule has 1 saturated heterocycles. The SMILES string of the molecule is CC1NNC(C)C1NC(=S)Nc1ccccc1. The van der Waals surface area contributed by atoms with Crippen LogP contribution in [-0.2, 0) is 0 Å². The lowest BCUT2D eigenvalue weighted by Gasteiger charge is -2.21. The number of hydrazine groups is 1. The van der Waals surface area contributed by atoms with Crippen LogP contribution in [0, 0.1) is 0 Å². The molecule has 4 N–H and O–H groups in total. The summed E-state index contributed by atoms with van der Waals surface area (Å²) in [7, 11) is 0. The Bertz CT molecular complexity index is 371. The van der Waals surface area contributed by atoms with Crippen molar-refractivity contribution in [2.24, 2.45) is 0 Å². The standard InChI is InChI=1S/C12H18N4S/c1-8-11(9(2)16-15-8)14-12(17)13-10-6-4-3-5-7-10/h3-9,11,15-16H,1-2H3,(H2,13,14,17). The van der Waals surface area contributed by atoms with Crippen molar-refractivity contribution in [1.82, 2.24) is 16.2 Å². The molecule has 92 valence electrons. The van der Waals surface area contributed by atoms with Crippen LogP contribution in [0.4, 0.5) is 5.69 Å². The van der Waals surface area contributed by atoms with Gasteiger partial charge in [-0.25, -0.2) is 0 Å². The Morgan fingerprint density at radius 2 is 1.71 bits per heavy atom. The Morgan fingerprint density at radius 3 is 2.29 bits per heavy atom. The van der Waals surface area contributed by atoms with Crippen LogP contribution in [0.5, 0.6) is 0 Å². The Morgan fingerprint density at radius 1 is 1.12 bits per heavy atom. The number of hydrogen-bond donors (Lipinski definition) is 4. The number of benzene rings is 1. The van der Waals surface area contributed by atoms with Gasteiger partial charge in [0.1, 0.15) is 0 Å². The van der Waals surface area contributed by atoms with E-state index < -0.39 is 0 Å². The molecule has 0 bridgehead atoms. The van der Waals surface area contributed by atoms with Crippen LogP contribution < -0.4 is 21.5 Å². The molecule has 1 aliphatic rings. The topological polar surface area (TPSA) is 48.1 Å². The number of hydrogen-bond acceptors (Lipinski definition) is 3. The van der Waals surface area contributed by atoms with E-state index in [0.717, 1.165) is 5.69 Å². The van der Waals surface area contributed by atoms with Crippen molar-refractivity contribution in [3.05, 3.63) is 30.3 Å². The first-order valence-corrected chi connectivity index (χ1v) is 6.21. The molecule has 5 heteroatoms. The van der Waals surface area contributed by atoms with Crippen molar-refractivity contribution in [3.8, 4) is 0 Å². The number of nitrogens with one attached hydrogen (secondary N) is 4. The van der Waals surface area contributed by atoms with Crippen LogP contribution in [0.25, 0.3) is 0 Å². The van der Waals surface area contributed by atoms with Gasteiger partial charge in [-0.3, -0.25) is 10.9 Å². The van der Waals surface area contributed by atoms with Gasteiger partial charge in [-0.15, -0.1) is 0 Å². The zero-order chi connectivity index (χ0) is 12.3. The third-order valence-electron chi connectivity index (χ3n) is 2.95. The molecule has 1 aromatic carbocycles. The molecule has 0 aromatic heterocycles. The number of para-hydroxylation sites is 1. The fourth-order valence-electron chi connectivity index (χ4n) is 1.97. The maximum absolute atomic E-state index is 5.30. The molecule has 0 spiro atoms. The van der Waals surface area contributed by atoms with E-state index in [0.29, 0.717) is 23.2 Å². The highest BCUT2D eigenvalue weighted by Gasteiger charge is 2.29. The van der Waals surface area contributed by atoms with E-state index in [1.54, 1.807) is 0 Å². The fraction of sp³-hybridized carbons (Fsp3) is 0.417. The lowest BCUT2D eigenvalue weighted by atomic mass is 10.1. The predicted octanol–water partition coefficient (Wildman–Crippen LogP) is 1.23. The molecule has 2 rings (SSSR count). The average molecular weight is 250 g/mol. The number of thiocarbonyl (C=S) groups is 1. The highest BCUT2D eigenvalue weighted by atomic mass is 32.1. The molecule has 1 heterocycles. The first-order chi connectivity index (χ1) is 8.16. The second-order valence-electron chi connectivity index (χ2n) is 4.36. The predicted molar refractivity (Wildman–Crippen MR) is 74.8 cm³/mol. The van der Waals surface area contributed by atoms with Crippen molar-refractivity contribution in [2.45, 2.75) is 32.0 Å². The van der Waals surface area contributed by atoms with Crippen LogP contribution in [0.15, 0.2) is 30.3 Å².